The highest BCUT2D eigenvalue weighted by atomic mass is 32.1. The number of piperidine rings is 1. The second-order valence-electron chi connectivity index (χ2n) is 7.48. The predicted molar refractivity (Wildman–Crippen MR) is 114 cm³/mol. The summed E-state index contributed by atoms with van der Waals surface area (Å²) in [6, 6.07) is 10.4. The van der Waals surface area contributed by atoms with Crippen molar-refractivity contribution in [1.29, 1.82) is 0 Å². The highest BCUT2D eigenvalue weighted by Crippen LogP contribution is 2.19. The number of rotatable bonds is 6. The summed E-state index contributed by atoms with van der Waals surface area (Å²) in [6.45, 7) is 7.09. The van der Waals surface area contributed by atoms with Gasteiger partial charge in [-0.1, -0.05) is 30.3 Å². The Labute approximate surface area is 167 Å². The van der Waals surface area contributed by atoms with E-state index in [4.69, 9.17) is 4.99 Å². The van der Waals surface area contributed by atoms with Crippen molar-refractivity contribution >= 4 is 17.3 Å². The zero-order valence-corrected chi connectivity index (χ0v) is 17.5. The van der Waals surface area contributed by atoms with E-state index in [0.717, 1.165) is 37.1 Å². The van der Waals surface area contributed by atoms with Crippen molar-refractivity contribution in [3.05, 3.63) is 52.0 Å². The number of benzene rings is 1. The molecule has 0 aliphatic carbocycles. The number of nitrogens with zero attached hydrogens (tertiary/aromatic N) is 4. The minimum Gasteiger partial charge on any atom is -0.356 e. The van der Waals surface area contributed by atoms with Crippen molar-refractivity contribution in [2.75, 3.05) is 33.7 Å². The molecule has 1 fully saturated rings. The van der Waals surface area contributed by atoms with Crippen LogP contribution in [0.25, 0.3) is 0 Å². The average molecular weight is 386 g/mol. The van der Waals surface area contributed by atoms with Gasteiger partial charge in [0.15, 0.2) is 5.96 Å². The van der Waals surface area contributed by atoms with E-state index in [1.54, 1.807) is 11.3 Å². The molecule has 1 aromatic heterocycles. The monoisotopic (exact) mass is 385 g/mol. The van der Waals surface area contributed by atoms with Crippen LogP contribution < -0.4 is 5.32 Å². The van der Waals surface area contributed by atoms with Gasteiger partial charge in [0.25, 0.3) is 0 Å². The first-order chi connectivity index (χ1) is 13.1. The molecule has 6 heteroatoms. The van der Waals surface area contributed by atoms with Gasteiger partial charge in [-0.25, -0.2) is 9.98 Å². The minimum atomic E-state index is 0.709. The fourth-order valence-corrected chi connectivity index (χ4v) is 4.00. The van der Waals surface area contributed by atoms with Crippen LogP contribution in [-0.4, -0.2) is 54.5 Å². The second-order valence-corrected chi connectivity index (χ2v) is 8.54. The molecule has 1 N–H and O–H groups in total. The SMILES string of the molecule is Cc1nc(CN2CCC(CNC(=NCc3ccccc3)N(C)C)CC2)cs1. The molecule has 0 spiro atoms. The highest BCUT2D eigenvalue weighted by molar-refractivity contribution is 7.09. The number of aromatic nitrogens is 1. The van der Waals surface area contributed by atoms with Gasteiger partial charge in [0, 0.05) is 32.6 Å². The largest absolute Gasteiger partial charge is 0.356 e. The van der Waals surface area contributed by atoms with Crippen LogP contribution in [0.1, 0.15) is 29.1 Å². The Kier molecular flexibility index (Phi) is 7.24. The van der Waals surface area contributed by atoms with Gasteiger partial charge < -0.3 is 10.2 Å². The second kappa shape index (κ2) is 9.85. The molecule has 0 saturated carbocycles. The van der Waals surface area contributed by atoms with Crippen LogP contribution in [0.4, 0.5) is 0 Å². The van der Waals surface area contributed by atoms with Crippen molar-refractivity contribution in [2.45, 2.75) is 32.9 Å². The molecule has 146 valence electrons. The Morgan fingerprint density at radius 2 is 2.00 bits per heavy atom. The summed E-state index contributed by atoms with van der Waals surface area (Å²) in [7, 11) is 4.10. The van der Waals surface area contributed by atoms with Gasteiger partial charge in [-0.05, 0) is 44.3 Å². The third kappa shape index (κ3) is 6.33. The maximum atomic E-state index is 4.76. The first-order valence-electron chi connectivity index (χ1n) is 9.73. The van der Waals surface area contributed by atoms with E-state index in [1.165, 1.54) is 24.1 Å². The standard InChI is InChI=1S/C21H31N5S/c1-17-24-20(16-27-17)15-26-11-9-19(10-12-26)14-23-21(25(2)3)22-13-18-7-5-4-6-8-18/h4-8,16,19H,9-15H2,1-3H3,(H,22,23). The van der Waals surface area contributed by atoms with E-state index in [2.05, 4.69) is 70.8 Å². The molecule has 1 saturated heterocycles. The number of hydrogen-bond donors (Lipinski definition) is 1. The number of guanidine groups is 1. The summed E-state index contributed by atoms with van der Waals surface area (Å²) in [5.41, 5.74) is 2.46. The molecule has 0 bridgehead atoms. The van der Waals surface area contributed by atoms with Crippen LogP contribution in [0, 0.1) is 12.8 Å². The van der Waals surface area contributed by atoms with Crippen molar-refractivity contribution in [2.24, 2.45) is 10.9 Å². The number of likely N-dealkylation sites (tertiary alicyclic amines) is 1. The van der Waals surface area contributed by atoms with Gasteiger partial charge in [0.05, 0.1) is 17.2 Å². The van der Waals surface area contributed by atoms with Gasteiger partial charge in [0.1, 0.15) is 0 Å². The van der Waals surface area contributed by atoms with E-state index in [-0.39, 0.29) is 0 Å². The summed E-state index contributed by atoms with van der Waals surface area (Å²) in [5.74, 6) is 1.68. The lowest BCUT2D eigenvalue weighted by Gasteiger charge is -2.32. The van der Waals surface area contributed by atoms with E-state index in [0.29, 0.717) is 12.5 Å². The molecule has 0 atom stereocenters. The van der Waals surface area contributed by atoms with E-state index in [1.807, 2.05) is 6.07 Å². The fraction of sp³-hybridized carbons (Fsp3) is 0.524. The number of aryl methyl sites for hydroxylation is 1. The van der Waals surface area contributed by atoms with Crippen molar-refractivity contribution in [3.63, 3.8) is 0 Å². The zero-order valence-electron chi connectivity index (χ0n) is 16.7. The van der Waals surface area contributed by atoms with Gasteiger partial charge >= 0.3 is 0 Å². The summed E-state index contributed by atoms with van der Waals surface area (Å²) >= 11 is 1.74. The maximum absolute atomic E-state index is 4.76. The first kappa shape index (κ1) is 19.8. The van der Waals surface area contributed by atoms with Crippen LogP contribution in [0.3, 0.4) is 0 Å². The fourth-order valence-electron chi connectivity index (χ4n) is 3.40. The van der Waals surface area contributed by atoms with Gasteiger partial charge in [0.2, 0.25) is 0 Å². The van der Waals surface area contributed by atoms with Crippen LogP contribution in [-0.2, 0) is 13.1 Å². The Morgan fingerprint density at radius 3 is 2.63 bits per heavy atom. The molecule has 0 amide bonds. The highest BCUT2D eigenvalue weighted by Gasteiger charge is 2.20. The van der Waals surface area contributed by atoms with E-state index < -0.39 is 0 Å². The number of nitrogens with one attached hydrogen (secondary N) is 1. The lowest BCUT2D eigenvalue weighted by atomic mass is 9.97. The molecule has 2 heterocycles. The molecule has 2 aromatic rings. The molecular weight excluding hydrogens is 354 g/mol. The molecule has 5 nitrogen and oxygen atoms in total. The number of thiazole rings is 1. The summed E-state index contributed by atoms with van der Waals surface area (Å²) < 4.78 is 0. The lowest BCUT2D eigenvalue weighted by Crippen LogP contribution is -2.42. The minimum absolute atomic E-state index is 0.709. The van der Waals surface area contributed by atoms with Gasteiger partial charge in [-0.2, -0.15) is 0 Å². The molecule has 27 heavy (non-hydrogen) atoms. The summed E-state index contributed by atoms with van der Waals surface area (Å²) in [6.07, 6.45) is 2.46. The average Bonchev–Trinajstić information content (AvgIpc) is 3.08. The van der Waals surface area contributed by atoms with Crippen molar-refractivity contribution in [1.82, 2.24) is 20.1 Å². The normalized spacial score (nSPS) is 16.5. The summed E-state index contributed by atoms with van der Waals surface area (Å²) in [4.78, 5) is 14.0. The molecule has 1 aliphatic rings. The third-order valence-corrected chi connectivity index (χ3v) is 5.81. The molecule has 1 aliphatic heterocycles. The Morgan fingerprint density at radius 1 is 1.26 bits per heavy atom. The van der Waals surface area contributed by atoms with Crippen LogP contribution in [0.15, 0.2) is 40.7 Å². The first-order valence-corrected chi connectivity index (χ1v) is 10.6. The number of hydrogen-bond acceptors (Lipinski definition) is 4. The van der Waals surface area contributed by atoms with Gasteiger partial charge in [-0.3, -0.25) is 4.90 Å². The summed E-state index contributed by atoms with van der Waals surface area (Å²) in [5, 5.41) is 6.93. The Hall–Kier alpha value is -1.92. The van der Waals surface area contributed by atoms with E-state index in [9.17, 15) is 0 Å². The molecular formula is C21H31N5S. The van der Waals surface area contributed by atoms with Crippen LogP contribution in [0.2, 0.25) is 0 Å². The van der Waals surface area contributed by atoms with Gasteiger partial charge in [-0.15, -0.1) is 11.3 Å². The smallest absolute Gasteiger partial charge is 0.193 e. The van der Waals surface area contributed by atoms with Crippen LogP contribution >= 0.6 is 11.3 Å². The van der Waals surface area contributed by atoms with E-state index >= 15 is 0 Å². The quantitative estimate of drug-likeness (QED) is 0.612. The lowest BCUT2D eigenvalue weighted by molar-refractivity contribution is 0.176. The topological polar surface area (TPSA) is 43.8 Å². The molecule has 0 unspecified atom stereocenters. The molecule has 0 radical (unpaired) electrons. The number of aliphatic imine (C=N–C) groups is 1. The van der Waals surface area contributed by atoms with Crippen molar-refractivity contribution < 1.29 is 0 Å². The van der Waals surface area contributed by atoms with Crippen molar-refractivity contribution in [3.8, 4) is 0 Å². The molecule has 1 aromatic carbocycles. The molecule has 3 rings (SSSR count). The Balaban J connectivity index is 1.43. The van der Waals surface area contributed by atoms with Crippen LogP contribution in [0.5, 0.6) is 0 Å². The Bertz CT molecular complexity index is 717. The maximum Gasteiger partial charge on any atom is 0.193 e. The zero-order chi connectivity index (χ0) is 19.1. The predicted octanol–water partition coefficient (Wildman–Crippen LogP) is 3.37. The third-order valence-electron chi connectivity index (χ3n) is 4.99.